The Bertz CT molecular complexity index is 689. The third kappa shape index (κ3) is 4.31. The van der Waals surface area contributed by atoms with Gasteiger partial charge in [-0.1, -0.05) is 12.1 Å². The number of hydrogen-bond donors (Lipinski definition) is 2. The number of halogens is 1. The van der Waals surface area contributed by atoms with Gasteiger partial charge in [0.05, 0.1) is 13.7 Å². The van der Waals surface area contributed by atoms with E-state index < -0.39 is 17.6 Å². The summed E-state index contributed by atoms with van der Waals surface area (Å²) < 4.78 is 18.0. The Labute approximate surface area is 127 Å². The summed E-state index contributed by atoms with van der Waals surface area (Å²) >= 11 is 0. The summed E-state index contributed by atoms with van der Waals surface area (Å²) in [5.74, 6) is -0.731. The summed E-state index contributed by atoms with van der Waals surface area (Å²) in [6.07, 6.45) is 0. The first-order valence-electron chi connectivity index (χ1n) is 6.56. The molecule has 0 aromatic heterocycles. The molecule has 2 N–H and O–H groups in total. The van der Waals surface area contributed by atoms with E-state index in [0.717, 1.165) is 0 Å². The van der Waals surface area contributed by atoms with Crippen LogP contribution in [0.5, 0.6) is 5.75 Å². The Morgan fingerprint density at radius 1 is 1.14 bits per heavy atom. The lowest BCUT2D eigenvalue weighted by Gasteiger charge is -2.08. The van der Waals surface area contributed by atoms with Gasteiger partial charge in [0.25, 0.3) is 5.91 Å². The minimum atomic E-state index is -0.446. The highest BCUT2D eigenvalue weighted by atomic mass is 19.1. The van der Waals surface area contributed by atoms with Gasteiger partial charge in [-0.15, -0.1) is 0 Å². The minimum Gasteiger partial charge on any atom is -0.497 e. The number of benzene rings is 2. The van der Waals surface area contributed by atoms with Crippen LogP contribution >= 0.6 is 0 Å². The summed E-state index contributed by atoms with van der Waals surface area (Å²) in [6, 6.07) is 12.1. The van der Waals surface area contributed by atoms with E-state index in [4.69, 9.17) is 4.74 Å². The second-order valence-corrected chi connectivity index (χ2v) is 4.47. The molecule has 5 nitrogen and oxygen atoms in total. The van der Waals surface area contributed by atoms with Crippen molar-refractivity contribution in [2.24, 2.45) is 0 Å². The van der Waals surface area contributed by atoms with Crippen molar-refractivity contribution in [2.45, 2.75) is 0 Å². The van der Waals surface area contributed by atoms with Gasteiger partial charge >= 0.3 is 0 Å². The Kier molecular flexibility index (Phi) is 5.08. The van der Waals surface area contributed by atoms with Gasteiger partial charge in [0.15, 0.2) is 0 Å². The highest BCUT2D eigenvalue weighted by Gasteiger charge is 2.09. The first kappa shape index (κ1) is 15.5. The van der Waals surface area contributed by atoms with Crippen molar-refractivity contribution in [3.63, 3.8) is 0 Å². The van der Waals surface area contributed by atoms with Crippen LogP contribution in [0.25, 0.3) is 0 Å². The molecular weight excluding hydrogens is 287 g/mol. The molecule has 0 atom stereocenters. The molecule has 0 aliphatic rings. The molecule has 0 unspecified atom stereocenters. The second kappa shape index (κ2) is 7.21. The van der Waals surface area contributed by atoms with Crippen molar-refractivity contribution in [1.29, 1.82) is 0 Å². The quantitative estimate of drug-likeness (QED) is 0.890. The zero-order valence-electron chi connectivity index (χ0n) is 11.9. The van der Waals surface area contributed by atoms with E-state index in [1.54, 1.807) is 30.3 Å². The van der Waals surface area contributed by atoms with E-state index in [0.29, 0.717) is 17.0 Å². The highest BCUT2D eigenvalue weighted by molar-refractivity contribution is 5.99. The lowest BCUT2D eigenvalue weighted by atomic mass is 10.2. The predicted molar refractivity (Wildman–Crippen MR) is 80.4 cm³/mol. The number of methoxy groups -OCH3 is 1. The molecule has 0 saturated carbocycles. The molecule has 0 aliphatic heterocycles. The normalized spacial score (nSPS) is 9.91. The maximum Gasteiger partial charge on any atom is 0.251 e. The van der Waals surface area contributed by atoms with Crippen molar-refractivity contribution < 1.29 is 18.7 Å². The lowest BCUT2D eigenvalue weighted by Crippen LogP contribution is -2.32. The molecule has 0 fully saturated rings. The van der Waals surface area contributed by atoms with Gasteiger partial charge in [-0.25, -0.2) is 4.39 Å². The Morgan fingerprint density at radius 3 is 2.64 bits per heavy atom. The maximum absolute atomic E-state index is 13.0. The third-order valence-electron chi connectivity index (χ3n) is 2.85. The van der Waals surface area contributed by atoms with Crippen LogP contribution in [0.3, 0.4) is 0 Å². The second-order valence-electron chi connectivity index (χ2n) is 4.47. The monoisotopic (exact) mass is 302 g/mol. The Hall–Kier alpha value is -2.89. The number of carbonyl (C=O) groups excluding carboxylic acids is 2. The van der Waals surface area contributed by atoms with Crippen LogP contribution in [0.2, 0.25) is 0 Å². The van der Waals surface area contributed by atoms with E-state index in [-0.39, 0.29) is 6.54 Å². The molecule has 2 aromatic rings. The molecule has 2 amide bonds. The average molecular weight is 302 g/mol. The van der Waals surface area contributed by atoms with Crippen molar-refractivity contribution in [2.75, 3.05) is 19.0 Å². The number of rotatable bonds is 5. The van der Waals surface area contributed by atoms with Crippen molar-refractivity contribution in [1.82, 2.24) is 5.32 Å². The number of amides is 2. The number of carbonyl (C=O) groups is 2. The molecule has 0 heterocycles. The molecule has 2 rings (SSSR count). The molecule has 0 spiro atoms. The minimum absolute atomic E-state index is 0.216. The van der Waals surface area contributed by atoms with Gasteiger partial charge in [-0.3, -0.25) is 9.59 Å². The van der Waals surface area contributed by atoms with E-state index >= 15 is 0 Å². The van der Waals surface area contributed by atoms with Crippen LogP contribution in [-0.2, 0) is 4.79 Å². The largest absolute Gasteiger partial charge is 0.497 e. The molecule has 114 valence electrons. The first-order chi connectivity index (χ1) is 10.6. The number of anilines is 1. The van der Waals surface area contributed by atoms with E-state index in [9.17, 15) is 14.0 Å². The fourth-order valence-corrected chi connectivity index (χ4v) is 1.80. The molecular formula is C16H15FN2O3. The maximum atomic E-state index is 13.0. The SMILES string of the molecule is COc1cccc(C(=O)NCC(=O)Nc2cccc(F)c2)c1. The summed E-state index contributed by atoms with van der Waals surface area (Å²) in [6.45, 7) is -0.216. The smallest absolute Gasteiger partial charge is 0.251 e. The zero-order valence-corrected chi connectivity index (χ0v) is 11.9. The first-order valence-corrected chi connectivity index (χ1v) is 6.56. The number of nitrogens with one attached hydrogen (secondary N) is 2. The van der Waals surface area contributed by atoms with E-state index in [2.05, 4.69) is 10.6 Å². The summed E-state index contributed by atoms with van der Waals surface area (Å²) in [5, 5.41) is 4.98. The number of ether oxygens (including phenoxy) is 1. The fraction of sp³-hybridized carbons (Fsp3) is 0.125. The number of hydrogen-bond acceptors (Lipinski definition) is 3. The van der Waals surface area contributed by atoms with Crippen LogP contribution in [-0.4, -0.2) is 25.5 Å². The average Bonchev–Trinajstić information content (AvgIpc) is 2.52. The van der Waals surface area contributed by atoms with E-state index in [1.807, 2.05) is 0 Å². The van der Waals surface area contributed by atoms with Crippen LogP contribution in [0, 0.1) is 5.82 Å². The van der Waals surface area contributed by atoms with Crippen LogP contribution in [0.1, 0.15) is 10.4 Å². The van der Waals surface area contributed by atoms with Crippen molar-refractivity contribution >= 4 is 17.5 Å². The molecule has 0 aliphatic carbocycles. The highest BCUT2D eigenvalue weighted by Crippen LogP contribution is 2.12. The third-order valence-corrected chi connectivity index (χ3v) is 2.85. The molecule has 0 saturated heterocycles. The molecule has 22 heavy (non-hydrogen) atoms. The molecule has 6 heteroatoms. The standard InChI is InChI=1S/C16H15FN2O3/c1-22-14-7-2-4-11(8-14)16(21)18-10-15(20)19-13-6-3-5-12(17)9-13/h2-9H,10H2,1H3,(H,18,21)(H,19,20). The van der Waals surface area contributed by atoms with Crippen molar-refractivity contribution in [3.8, 4) is 5.75 Å². The zero-order chi connectivity index (χ0) is 15.9. The molecule has 0 radical (unpaired) electrons. The van der Waals surface area contributed by atoms with Crippen molar-refractivity contribution in [3.05, 3.63) is 59.9 Å². The van der Waals surface area contributed by atoms with Gasteiger partial charge in [0.1, 0.15) is 11.6 Å². The predicted octanol–water partition coefficient (Wildman–Crippen LogP) is 2.20. The Morgan fingerprint density at radius 2 is 1.91 bits per heavy atom. The van der Waals surface area contributed by atoms with Gasteiger partial charge < -0.3 is 15.4 Å². The summed E-state index contributed by atoms with van der Waals surface area (Å²) in [4.78, 5) is 23.6. The fourth-order valence-electron chi connectivity index (χ4n) is 1.80. The van der Waals surface area contributed by atoms with Gasteiger partial charge in [-0.2, -0.15) is 0 Å². The van der Waals surface area contributed by atoms with Gasteiger partial charge in [-0.05, 0) is 36.4 Å². The molecule has 0 bridgehead atoms. The lowest BCUT2D eigenvalue weighted by molar-refractivity contribution is -0.115. The topological polar surface area (TPSA) is 67.4 Å². The summed E-state index contributed by atoms with van der Waals surface area (Å²) in [7, 11) is 1.50. The summed E-state index contributed by atoms with van der Waals surface area (Å²) in [5.41, 5.74) is 0.721. The Balaban J connectivity index is 1.89. The van der Waals surface area contributed by atoms with Gasteiger partial charge in [0, 0.05) is 11.3 Å². The van der Waals surface area contributed by atoms with E-state index in [1.165, 1.54) is 25.3 Å². The molecule has 2 aromatic carbocycles. The van der Waals surface area contributed by atoms with Crippen LogP contribution < -0.4 is 15.4 Å². The van der Waals surface area contributed by atoms with Crippen LogP contribution in [0.4, 0.5) is 10.1 Å². The van der Waals surface area contributed by atoms with Crippen LogP contribution in [0.15, 0.2) is 48.5 Å². The van der Waals surface area contributed by atoms with Gasteiger partial charge in [0.2, 0.25) is 5.91 Å².